The first-order valence-corrected chi connectivity index (χ1v) is 12.0. The Morgan fingerprint density at radius 1 is 1.00 bits per heavy atom. The number of carbonyl (C=O) groups is 1. The van der Waals surface area contributed by atoms with Gasteiger partial charge in [-0.25, -0.2) is 0 Å². The summed E-state index contributed by atoms with van der Waals surface area (Å²) in [7, 11) is 0. The van der Waals surface area contributed by atoms with Gasteiger partial charge in [-0.15, -0.1) is 0 Å². The van der Waals surface area contributed by atoms with Crippen LogP contribution in [0.15, 0.2) is 28.8 Å². The van der Waals surface area contributed by atoms with Gasteiger partial charge in [0.05, 0.1) is 0 Å². The summed E-state index contributed by atoms with van der Waals surface area (Å²) >= 11 is 0. The highest BCUT2D eigenvalue weighted by Gasteiger charge is 2.20. The number of nitrogens with one attached hydrogen (secondary N) is 1. The Kier molecular flexibility index (Phi) is 11.9. The summed E-state index contributed by atoms with van der Waals surface area (Å²) < 4.78 is 5.46. The molecule has 6 heteroatoms. The largest absolute Gasteiger partial charge is 0.345 e. The predicted octanol–water partition coefficient (Wildman–Crippen LogP) is 5.73. The highest BCUT2D eigenvalue weighted by atomic mass is 16.5. The minimum Gasteiger partial charge on any atom is -0.345 e. The van der Waals surface area contributed by atoms with E-state index in [-0.39, 0.29) is 11.9 Å². The number of benzene rings is 1. The maximum Gasteiger partial charge on any atom is 0.249 e. The molecule has 0 radical (unpaired) electrons. The summed E-state index contributed by atoms with van der Waals surface area (Å²) in [6.07, 6.45) is 14.3. The maximum absolute atomic E-state index is 11.5. The Morgan fingerprint density at radius 2 is 1.68 bits per heavy atom. The number of amides is 1. The first kappa shape index (κ1) is 25.1. The number of nitrogens with zero attached hydrogens (tertiary/aromatic N) is 2. The Bertz CT molecular complexity index is 742. The molecule has 1 aromatic carbocycles. The monoisotopic (exact) mass is 428 g/mol. The Labute approximate surface area is 187 Å². The topological polar surface area (TPSA) is 94.0 Å². The van der Waals surface area contributed by atoms with Crippen LogP contribution in [0.2, 0.25) is 0 Å². The van der Waals surface area contributed by atoms with Crippen LogP contribution < -0.4 is 11.1 Å². The van der Waals surface area contributed by atoms with E-state index >= 15 is 0 Å². The molecule has 0 spiro atoms. The highest BCUT2D eigenvalue weighted by molar-refractivity contribution is 5.73. The fourth-order valence-electron chi connectivity index (χ4n) is 3.77. The molecule has 0 fully saturated rings. The summed E-state index contributed by atoms with van der Waals surface area (Å²) in [6, 6.07) is 8.14. The number of aryl methyl sites for hydroxylation is 1. The third-order valence-corrected chi connectivity index (χ3v) is 5.60. The van der Waals surface area contributed by atoms with Crippen LogP contribution >= 0.6 is 0 Å². The third-order valence-electron chi connectivity index (χ3n) is 5.60. The van der Waals surface area contributed by atoms with Crippen molar-refractivity contribution in [1.29, 1.82) is 0 Å². The van der Waals surface area contributed by atoms with Gasteiger partial charge in [-0.05, 0) is 44.2 Å². The Morgan fingerprint density at radius 3 is 2.32 bits per heavy atom. The highest BCUT2D eigenvalue weighted by Crippen LogP contribution is 2.23. The normalized spacial score (nSPS) is 12.1. The van der Waals surface area contributed by atoms with Gasteiger partial charge < -0.3 is 15.6 Å². The molecule has 1 amide bonds. The number of hydrogen-bond donors (Lipinski definition) is 2. The molecule has 1 heterocycles. The molecular weight excluding hydrogens is 388 g/mol. The van der Waals surface area contributed by atoms with Crippen LogP contribution in [0, 0.1) is 0 Å². The minimum absolute atomic E-state index is 0.109. The van der Waals surface area contributed by atoms with E-state index in [1.165, 1.54) is 63.9 Å². The average molecular weight is 429 g/mol. The molecule has 0 saturated heterocycles. The van der Waals surface area contributed by atoms with Gasteiger partial charge in [0.1, 0.15) is 6.04 Å². The van der Waals surface area contributed by atoms with Crippen LogP contribution in [0.5, 0.6) is 0 Å². The molecule has 2 aromatic rings. The number of carbonyl (C=O) groups excluding carboxylic acids is 1. The van der Waals surface area contributed by atoms with Gasteiger partial charge in [0.25, 0.3) is 0 Å². The molecule has 31 heavy (non-hydrogen) atoms. The van der Waals surface area contributed by atoms with Gasteiger partial charge in [-0.1, -0.05) is 81.3 Å². The lowest BCUT2D eigenvalue weighted by Gasteiger charge is -2.13. The van der Waals surface area contributed by atoms with Crippen LogP contribution in [0.25, 0.3) is 11.4 Å². The van der Waals surface area contributed by atoms with Crippen molar-refractivity contribution in [3.8, 4) is 11.4 Å². The third kappa shape index (κ3) is 9.64. The molecule has 0 bridgehead atoms. The second kappa shape index (κ2) is 14.7. The molecule has 0 aliphatic heterocycles. The molecule has 0 saturated carbocycles. The van der Waals surface area contributed by atoms with Crippen molar-refractivity contribution in [1.82, 2.24) is 15.5 Å². The number of hydrogen-bond acceptors (Lipinski definition) is 5. The van der Waals surface area contributed by atoms with Crippen LogP contribution in [0.3, 0.4) is 0 Å². The molecule has 1 atom stereocenters. The molecule has 172 valence electrons. The van der Waals surface area contributed by atoms with Gasteiger partial charge in [-0.2, -0.15) is 4.98 Å². The van der Waals surface area contributed by atoms with E-state index < -0.39 is 0 Å². The van der Waals surface area contributed by atoms with Crippen LogP contribution in [-0.4, -0.2) is 22.6 Å². The fourth-order valence-corrected chi connectivity index (χ4v) is 3.77. The van der Waals surface area contributed by atoms with E-state index in [0.717, 1.165) is 31.2 Å². The van der Waals surface area contributed by atoms with Crippen molar-refractivity contribution in [3.63, 3.8) is 0 Å². The Hall–Kier alpha value is -2.21. The zero-order valence-electron chi connectivity index (χ0n) is 19.4. The van der Waals surface area contributed by atoms with Crippen LogP contribution in [0.1, 0.15) is 102 Å². The van der Waals surface area contributed by atoms with Crippen LogP contribution in [-0.2, 0) is 11.2 Å². The second-order valence-electron chi connectivity index (χ2n) is 8.42. The zero-order valence-corrected chi connectivity index (χ0v) is 19.4. The summed E-state index contributed by atoms with van der Waals surface area (Å²) in [6.45, 7) is 4.39. The Balaban J connectivity index is 1.82. The standard InChI is InChI=1S/C25H40N4O2/c1-3-4-5-6-7-8-9-10-13-21-15-17-22(18-16-21)24-28-25(31-29-24)23(27-20(2)30)14-11-12-19-26/h15-18,23H,3-14,19,26H2,1-2H3,(H,27,30). The maximum atomic E-state index is 11.5. The summed E-state index contributed by atoms with van der Waals surface area (Å²) in [5.41, 5.74) is 7.85. The molecule has 0 aliphatic rings. The van der Waals surface area contributed by atoms with Gasteiger partial charge in [-0.3, -0.25) is 4.79 Å². The van der Waals surface area contributed by atoms with Gasteiger partial charge in [0.15, 0.2) is 0 Å². The van der Waals surface area contributed by atoms with Crippen molar-refractivity contribution in [2.45, 2.75) is 96.9 Å². The van der Waals surface area contributed by atoms with E-state index in [9.17, 15) is 4.79 Å². The lowest BCUT2D eigenvalue weighted by Crippen LogP contribution is -2.26. The molecular formula is C25H40N4O2. The molecule has 6 nitrogen and oxygen atoms in total. The molecule has 1 aromatic heterocycles. The number of aromatic nitrogens is 2. The smallest absolute Gasteiger partial charge is 0.249 e. The molecule has 2 rings (SSSR count). The quantitative estimate of drug-likeness (QED) is 0.333. The van der Waals surface area contributed by atoms with Crippen LogP contribution in [0.4, 0.5) is 0 Å². The fraction of sp³-hybridized carbons (Fsp3) is 0.640. The molecule has 1 unspecified atom stereocenters. The van der Waals surface area contributed by atoms with E-state index in [2.05, 4.69) is 46.6 Å². The molecule has 3 N–H and O–H groups in total. The van der Waals surface area contributed by atoms with Gasteiger partial charge >= 0.3 is 0 Å². The lowest BCUT2D eigenvalue weighted by molar-refractivity contribution is -0.119. The summed E-state index contributed by atoms with van der Waals surface area (Å²) in [5, 5.41) is 7.03. The van der Waals surface area contributed by atoms with Crippen molar-refractivity contribution in [3.05, 3.63) is 35.7 Å². The van der Waals surface area contributed by atoms with E-state index in [1.54, 1.807) is 0 Å². The van der Waals surface area contributed by atoms with Crippen molar-refractivity contribution in [2.75, 3.05) is 6.54 Å². The average Bonchev–Trinajstić information content (AvgIpc) is 3.25. The van der Waals surface area contributed by atoms with Crippen molar-refractivity contribution >= 4 is 5.91 Å². The summed E-state index contributed by atoms with van der Waals surface area (Å²) in [5.74, 6) is 0.899. The lowest BCUT2D eigenvalue weighted by atomic mass is 10.0. The van der Waals surface area contributed by atoms with E-state index in [0.29, 0.717) is 18.3 Å². The zero-order chi connectivity index (χ0) is 22.3. The SMILES string of the molecule is CCCCCCCCCCc1ccc(-c2noc(C(CCCCN)NC(C)=O)n2)cc1. The predicted molar refractivity (Wildman–Crippen MR) is 126 cm³/mol. The van der Waals surface area contributed by atoms with E-state index in [4.69, 9.17) is 10.3 Å². The summed E-state index contributed by atoms with van der Waals surface area (Å²) in [4.78, 5) is 16.1. The first-order valence-electron chi connectivity index (χ1n) is 12.0. The van der Waals surface area contributed by atoms with Gasteiger partial charge in [0.2, 0.25) is 17.6 Å². The second-order valence-corrected chi connectivity index (χ2v) is 8.42. The van der Waals surface area contributed by atoms with Gasteiger partial charge in [0, 0.05) is 12.5 Å². The molecule has 0 aliphatic carbocycles. The van der Waals surface area contributed by atoms with E-state index in [1.807, 2.05) is 0 Å². The number of nitrogens with two attached hydrogens (primary N) is 1. The number of unbranched alkanes of at least 4 members (excludes halogenated alkanes) is 8. The van der Waals surface area contributed by atoms with Crippen molar-refractivity contribution < 1.29 is 9.32 Å². The van der Waals surface area contributed by atoms with Crippen molar-refractivity contribution in [2.24, 2.45) is 5.73 Å². The number of rotatable bonds is 16. The minimum atomic E-state index is -0.272. The first-order chi connectivity index (χ1) is 15.1.